The van der Waals surface area contributed by atoms with Gasteiger partial charge >= 0.3 is 12.1 Å². The van der Waals surface area contributed by atoms with Crippen molar-refractivity contribution in [1.29, 1.82) is 0 Å². The molecular formula is C18H24BrN3O5. The van der Waals surface area contributed by atoms with Crippen molar-refractivity contribution in [2.45, 2.75) is 26.4 Å². The lowest BCUT2D eigenvalue weighted by atomic mass is 10.2. The molecular weight excluding hydrogens is 418 g/mol. The number of halogens is 1. The average molecular weight is 442 g/mol. The lowest BCUT2D eigenvalue weighted by Crippen LogP contribution is -2.52. The van der Waals surface area contributed by atoms with Gasteiger partial charge < -0.3 is 29.3 Å². The molecule has 2 aliphatic rings. The number of benzene rings is 1. The molecule has 9 heteroatoms. The Hall–Kier alpha value is -2.16. The van der Waals surface area contributed by atoms with Gasteiger partial charge in [-0.25, -0.2) is 9.59 Å². The Labute approximate surface area is 166 Å². The van der Waals surface area contributed by atoms with Crippen molar-refractivity contribution in [3.63, 3.8) is 0 Å². The van der Waals surface area contributed by atoms with Crippen LogP contribution in [0.5, 0.6) is 11.5 Å². The maximum absolute atomic E-state index is 12.6. The summed E-state index contributed by atoms with van der Waals surface area (Å²) in [6.07, 6.45) is -0.350. The van der Waals surface area contributed by atoms with Crippen LogP contribution in [0.15, 0.2) is 16.6 Å². The van der Waals surface area contributed by atoms with Crippen LogP contribution in [-0.2, 0) is 4.74 Å². The van der Waals surface area contributed by atoms with Crippen LogP contribution in [0, 0.1) is 0 Å². The van der Waals surface area contributed by atoms with Crippen LogP contribution in [0.3, 0.4) is 0 Å². The van der Waals surface area contributed by atoms with E-state index in [4.69, 9.17) is 14.2 Å². The van der Waals surface area contributed by atoms with Crippen molar-refractivity contribution < 1.29 is 23.8 Å². The Morgan fingerprint density at radius 1 is 1.04 bits per heavy atom. The number of rotatable bonds is 1. The number of urea groups is 1. The number of nitrogens with one attached hydrogen (secondary N) is 1. The summed E-state index contributed by atoms with van der Waals surface area (Å²) in [5.74, 6) is 1.26. The van der Waals surface area contributed by atoms with E-state index in [1.165, 1.54) is 0 Å². The van der Waals surface area contributed by atoms with Crippen LogP contribution in [0.25, 0.3) is 0 Å². The number of carbonyl (C=O) groups excluding carboxylic acids is 2. The molecule has 148 valence electrons. The van der Waals surface area contributed by atoms with Crippen LogP contribution < -0.4 is 14.8 Å². The van der Waals surface area contributed by atoms with Crippen molar-refractivity contribution in [2.24, 2.45) is 0 Å². The van der Waals surface area contributed by atoms with Crippen molar-refractivity contribution in [3.05, 3.63) is 16.6 Å². The number of carbonyl (C=O) groups is 2. The summed E-state index contributed by atoms with van der Waals surface area (Å²) >= 11 is 3.45. The van der Waals surface area contributed by atoms with E-state index in [9.17, 15) is 9.59 Å². The monoisotopic (exact) mass is 441 g/mol. The first kappa shape index (κ1) is 19.6. The standard InChI is InChI=1S/C18H24BrN3O5/c1-18(2,3)27-17(24)22-6-4-21(5-7-22)16(23)20-13-11-15-14(10-12(13)19)25-8-9-26-15/h10-11H,4-9H2,1-3H3,(H,20,23). The van der Waals surface area contributed by atoms with Gasteiger partial charge in [0.1, 0.15) is 18.8 Å². The van der Waals surface area contributed by atoms with Gasteiger partial charge in [-0.2, -0.15) is 0 Å². The van der Waals surface area contributed by atoms with Crippen LogP contribution in [0.1, 0.15) is 20.8 Å². The average Bonchev–Trinajstić information content (AvgIpc) is 2.61. The number of nitrogens with zero attached hydrogens (tertiary/aromatic N) is 2. The minimum Gasteiger partial charge on any atom is -0.486 e. The van der Waals surface area contributed by atoms with Gasteiger partial charge in [0.15, 0.2) is 11.5 Å². The Kier molecular flexibility index (Phi) is 5.69. The third-order valence-corrected chi connectivity index (χ3v) is 4.75. The highest BCUT2D eigenvalue weighted by Gasteiger charge is 2.28. The van der Waals surface area contributed by atoms with E-state index < -0.39 is 5.60 Å². The van der Waals surface area contributed by atoms with Gasteiger partial charge in [0.2, 0.25) is 0 Å². The number of hydrogen-bond acceptors (Lipinski definition) is 5. The second-order valence-corrected chi connectivity index (χ2v) is 8.21. The molecule has 1 aromatic rings. The predicted octanol–water partition coefficient (Wildman–Crippen LogP) is 3.30. The summed E-state index contributed by atoms with van der Waals surface area (Å²) in [5.41, 5.74) is 0.0784. The first-order valence-corrected chi connectivity index (χ1v) is 9.65. The first-order valence-electron chi connectivity index (χ1n) is 8.86. The normalized spacial score (nSPS) is 16.7. The smallest absolute Gasteiger partial charge is 0.410 e. The Balaban J connectivity index is 1.56. The number of amides is 3. The topological polar surface area (TPSA) is 80.3 Å². The molecule has 0 spiro atoms. The maximum Gasteiger partial charge on any atom is 0.410 e. The van der Waals surface area contributed by atoms with Gasteiger partial charge in [0.05, 0.1) is 5.69 Å². The molecule has 0 unspecified atom stereocenters. The number of anilines is 1. The van der Waals surface area contributed by atoms with Gasteiger partial charge in [0, 0.05) is 42.8 Å². The second-order valence-electron chi connectivity index (χ2n) is 7.36. The molecule has 0 bridgehead atoms. The first-order chi connectivity index (χ1) is 12.7. The minimum atomic E-state index is -0.532. The van der Waals surface area contributed by atoms with Crippen LogP contribution >= 0.6 is 15.9 Å². The van der Waals surface area contributed by atoms with Crippen molar-refractivity contribution in [3.8, 4) is 11.5 Å². The molecule has 1 saturated heterocycles. The van der Waals surface area contributed by atoms with E-state index in [1.54, 1.807) is 21.9 Å². The molecule has 0 aliphatic carbocycles. The summed E-state index contributed by atoms with van der Waals surface area (Å²) in [6.45, 7) is 8.23. The minimum absolute atomic E-state index is 0.226. The molecule has 2 heterocycles. The Bertz CT molecular complexity index is 726. The SMILES string of the molecule is CC(C)(C)OC(=O)N1CCN(C(=O)Nc2cc3c(cc2Br)OCCO3)CC1. The number of ether oxygens (including phenoxy) is 3. The molecule has 3 rings (SSSR count). The largest absolute Gasteiger partial charge is 0.486 e. The molecule has 1 fully saturated rings. The Morgan fingerprint density at radius 2 is 1.59 bits per heavy atom. The fraction of sp³-hybridized carbons (Fsp3) is 0.556. The number of hydrogen-bond donors (Lipinski definition) is 1. The molecule has 3 amide bonds. The van der Waals surface area contributed by atoms with Gasteiger partial charge in [-0.15, -0.1) is 0 Å². The molecule has 0 atom stereocenters. The van der Waals surface area contributed by atoms with Crippen LogP contribution in [0.2, 0.25) is 0 Å². The highest BCUT2D eigenvalue weighted by atomic mass is 79.9. The van der Waals surface area contributed by atoms with E-state index in [2.05, 4.69) is 21.2 Å². The molecule has 0 aromatic heterocycles. The zero-order valence-electron chi connectivity index (χ0n) is 15.7. The van der Waals surface area contributed by atoms with E-state index in [0.29, 0.717) is 61.1 Å². The highest BCUT2D eigenvalue weighted by Crippen LogP contribution is 2.38. The van der Waals surface area contributed by atoms with Crippen LogP contribution in [0.4, 0.5) is 15.3 Å². The Morgan fingerprint density at radius 3 is 2.19 bits per heavy atom. The number of fused-ring (bicyclic) bond motifs is 1. The van der Waals surface area contributed by atoms with Gasteiger partial charge in [-0.3, -0.25) is 0 Å². The quantitative estimate of drug-likeness (QED) is 0.722. The predicted molar refractivity (Wildman–Crippen MR) is 104 cm³/mol. The van der Waals surface area contributed by atoms with Crippen LogP contribution in [-0.4, -0.2) is 66.9 Å². The van der Waals surface area contributed by atoms with Gasteiger partial charge in [-0.1, -0.05) is 0 Å². The molecule has 27 heavy (non-hydrogen) atoms. The third kappa shape index (κ3) is 4.97. The summed E-state index contributed by atoms with van der Waals surface area (Å²) in [5, 5.41) is 2.88. The molecule has 1 aromatic carbocycles. The molecule has 0 saturated carbocycles. The van der Waals surface area contributed by atoms with Crippen molar-refractivity contribution in [2.75, 3.05) is 44.7 Å². The molecule has 2 aliphatic heterocycles. The van der Waals surface area contributed by atoms with E-state index in [-0.39, 0.29) is 12.1 Å². The lowest BCUT2D eigenvalue weighted by Gasteiger charge is -2.35. The fourth-order valence-electron chi connectivity index (χ4n) is 2.77. The maximum atomic E-state index is 12.6. The van der Waals surface area contributed by atoms with Gasteiger partial charge in [0.25, 0.3) is 0 Å². The van der Waals surface area contributed by atoms with E-state index in [0.717, 1.165) is 0 Å². The lowest BCUT2D eigenvalue weighted by molar-refractivity contribution is 0.0174. The van der Waals surface area contributed by atoms with Crippen molar-refractivity contribution >= 4 is 33.7 Å². The molecule has 0 radical (unpaired) electrons. The fourth-order valence-corrected chi connectivity index (χ4v) is 3.19. The van der Waals surface area contributed by atoms with E-state index in [1.807, 2.05) is 20.8 Å². The summed E-state index contributed by atoms with van der Waals surface area (Å²) < 4.78 is 17.2. The summed E-state index contributed by atoms with van der Waals surface area (Å²) in [4.78, 5) is 28.0. The summed E-state index contributed by atoms with van der Waals surface area (Å²) in [6, 6.07) is 3.30. The summed E-state index contributed by atoms with van der Waals surface area (Å²) in [7, 11) is 0. The highest BCUT2D eigenvalue weighted by molar-refractivity contribution is 9.10. The van der Waals surface area contributed by atoms with Gasteiger partial charge in [-0.05, 0) is 36.7 Å². The number of piperazine rings is 1. The zero-order valence-corrected chi connectivity index (χ0v) is 17.3. The molecule has 8 nitrogen and oxygen atoms in total. The van der Waals surface area contributed by atoms with Crippen molar-refractivity contribution in [1.82, 2.24) is 9.80 Å². The second kappa shape index (κ2) is 7.84. The molecule has 1 N–H and O–H groups in total. The third-order valence-electron chi connectivity index (χ3n) is 4.09. The zero-order chi connectivity index (χ0) is 19.6. The van der Waals surface area contributed by atoms with E-state index >= 15 is 0 Å².